The third-order valence-corrected chi connectivity index (χ3v) is 7.02. The quantitative estimate of drug-likeness (QED) is 0.400. The number of hydrogen-bond acceptors (Lipinski definition) is 8. The van der Waals surface area contributed by atoms with Gasteiger partial charge in [0.25, 0.3) is 0 Å². The van der Waals surface area contributed by atoms with E-state index in [-0.39, 0.29) is 11.9 Å². The normalized spacial score (nSPS) is 17.3. The highest BCUT2D eigenvalue weighted by Gasteiger charge is 2.30. The van der Waals surface area contributed by atoms with E-state index < -0.39 is 0 Å². The third-order valence-electron chi connectivity index (χ3n) is 6.74. The van der Waals surface area contributed by atoms with Gasteiger partial charge >= 0.3 is 0 Å². The van der Waals surface area contributed by atoms with Gasteiger partial charge in [-0.2, -0.15) is 0 Å². The monoisotopic (exact) mass is 501 g/mol. The summed E-state index contributed by atoms with van der Waals surface area (Å²) in [6.45, 7) is 6.32. The molecular formula is C25H24ClN9O. The number of amides is 1. The van der Waals surface area contributed by atoms with Crippen molar-refractivity contribution in [2.45, 2.75) is 25.4 Å². The van der Waals surface area contributed by atoms with Crippen LogP contribution in [0.2, 0.25) is 5.02 Å². The Bertz CT molecular complexity index is 1470. The maximum atomic E-state index is 12.0. The molecule has 0 spiro atoms. The summed E-state index contributed by atoms with van der Waals surface area (Å²) in [5.74, 6) is 1.40. The molecule has 0 saturated carbocycles. The Balaban J connectivity index is 1.19. The molecule has 1 atom stereocenters. The summed E-state index contributed by atoms with van der Waals surface area (Å²) in [6.07, 6.45) is 9.82. The molecule has 2 N–H and O–H groups in total. The van der Waals surface area contributed by atoms with Crippen LogP contribution in [0.25, 0.3) is 22.3 Å². The van der Waals surface area contributed by atoms with E-state index in [2.05, 4.69) is 41.7 Å². The van der Waals surface area contributed by atoms with Crippen molar-refractivity contribution < 1.29 is 4.79 Å². The van der Waals surface area contributed by atoms with Gasteiger partial charge in [-0.05, 0) is 31.1 Å². The van der Waals surface area contributed by atoms with Gasteiger partial charge in [-0.1, -0.05) is 18.2 Å². The largest absolute Gasteiger partial charge is 0.354 e. The molecule has 0 unspecified atom stereocenters. The van der Waals surface area contributed by atoms with Crippen molar-refractivity contribution in [3.63, 3.8) is 0 Å². The second kappa shape index (κ2) is 9.19. The average Bonchev–Trinajstić information content (AvgIpc) is 3.56. The lowest BCUT2D eigenvalue weighted by Gasteiger charge is -2.30. The number of aromatic nitrogens is 6. The molecule has 182 valence electrons. The molecule has 11 heteroatoms. The second-order valence-corrected chi connectivity index (χ2v) is 9.31. The van der Waals surface area contributed by atoms with Crippen LogP contribution in [0.5, 0.6) is 0 Å². The predicted molar refractivity (Wildman–Crippen MR) is 138 cm³/mol. The average molecular weight is 502 g/mol. The fourth-order valence-electron chi connectivity index (χ4n) is 4.96. The summed E-state index contributed by atoms with van der Waals surface area (Å²) in [4.78, 5) is 41.8. The topological polar surface area (TPSA) is 116 Å². The van der Waals surface area contributed by atoms with Gasteiger partial charge in [-0.3, -0.25) is 4.79 Å². The molecule has 0 aromatic carbocycles. The van der Waals surface area contributed by atoms with Crippen LogP contribution in [-0.2, 0) is 17.8 Å². The molecule has 0 aliphatic carbocycles. The Hall–Kier alpha value is -4.05. The first-order chi connectivity index (χ1) is 17.6. The number of halogens is 1. The highest BCUT2D eigenvalue weighted by atomic mass is 35.5. The molecule has 0 bridgehead atoms. The molecule has 0 radical (unpaired) electrons. The van der Waals surface area contributed by atoms with E-state index in [0.29, 0.717) is 29.8 Å². The lowest BCUT2D eigenvalue weighted by Crippen LogP contribution is -2.37. The number of carbonyl (C=O) groups is 1. The number of carbonyl (C=O) groups excluding carboxylic acids is 1. The van der Waals surface area contributed by atoms with Gasteiger partial charge in [0, 0.05) is 54.6 Å². The minimum absolute atomic E-state index is 0.0718. The summed E-state index contributed by atoms with van der Waals surface area (Å²) >= 11 is 6.47. The summed E-state index contributed by atoms with van der Waals surface area (Å²) in [5.41, 5.74) is 4.35. The summed E-state index contributed by atoms with van der Waals surface area (Å²) in [5, 5.41) is 4.91. The number of rotatable bonds is 5. The molecule has 1 fully saturated rings. The Morgan fingerprint density at radius 1 is 1.25 bits per heavy atom. The zero-order valence-electron chi connectivity index (χ0n) is 19.5. The van der Waals surface area contributed by atoms with Gasteiger partial charge in [-0.15, -0.1) is 0 Å². The number of anilines is 2. The predicted octanol–water partition coefficient (Wildman–Crippen LogP) is 3.22. The molecule has 2 aliphatic rings. The molecule has 1 amide bonds. The number of fused-ring (bicyclic) bond motifs is 2. The Morgan fingerprint density at radius 2 is 2.17 bits per heavy atom. The number of hydrogen-bond donors (Lipinski definition) is 2. The van der Waals surface area contributed by atoms with Crippen LogP contribution in [0.1, 0.15) is 17.7 Å². The second-order valence-electron chi connectivity index (χ2n) is 8.90. The fourth-order valence-corrected chi connectivity index (χ4v) is 5.15. The van der Waals surface area contributed by atoms with Crippen LogP contribution < -0.4 is 10.2 Å². The van der Waals surface area contributed by atoms with Gasteiger partial charge in [0.15, 0.2) is 0 Å². The first-order valence-corrected chi connectivity index (χ1v) is 12.2. The van der Waals surface area contributed by atoms with Crippen LogP contribution in [-0.4, -0.2) is 66.4 Å². The molecule has 36 heavy (non-hydrogen) atoms. The summed E-state index contributed by atoms with van der Waals surface area (Å²) in [6, 6.07) is 4.03. The van der Waals surface area contributed by atoms with Crippen molar-refractivity contribution in [2.24, 2.45) is 0 Å². The molecule has 10 nitrogen and oxygen atoms in total. The Kier molecular flexibility index (Phi) is 5.73. The first-order valence-electron chi connectivity index (χ1n) is 11.8. The van der Waals surface area contributed by atoms with E-state index >= 15 is 0 Å². The molecule has 6 rings (SSSR count). The van der Waals surface area contributed by atoms with Crippen LogP contribution in [0.3, 0.4) is 0 Å². The smallest absolute Gasteiger partial charge is 0.246 e. The van der Waals surface area contributed by atoms with Gasteiger partial charge in [0.05, 0.1) is 29.2 Å². The number of H-pyrrole nitrogens is 1. The molecule has 4 aromatic heterocycles. The highest BCUT2D eigenvalue weighted by molar-refractivity contribution is 6.33. The summed E-state index contributed by atoms with van der Waals surface area (Å²) in [7, 11) is 0. The van der Waals surface area contributed by atoms with Crippen molar-refractivity contribution in [1.82, 2.24) is 34.8 Å². The molecule has 2 aliphatic heterocycles. The Morgan fingerprint density at radius 3 is 3.06 bits per heavy atom. The van der Waals surface area contributed by atoms with Gasteiger partial charge in [0.2, 0.25) is 11.9 Å². The maximum Gasteiger partial charge on any atom is 0.246 e. The fraction of sp³-hybridized carbons (Fsp3) is 0.280. The third kappa shape index (κ3) is 4.03. The van der Waals surface area contributed by atoms with Crippen molar-refractivity contribution in [1.29, 1.82) is 0 Å². The van der Waals surface area contributed by atoms with Gasteiger partial charge < -0.3 is 20.1 Å². The number of aromatic amines is 1. The van der Waals surface area contributed by atoms with Crippen molar-refractivity contribution in [3.8, 4) is 11.3 Å². The molecule has 4 aromatic rings. The van der Waals surface area contributed by atoms with Gasteiger partial charge in [-0.25, -0.2) is 24.9 Å². The molecule has 1 saturated heterocycles. The number of pyridine rings is 1. The minimum Gasteiger partial charge on any atom is -0.354 e. The van der Waals surface area contributed by atoms with E-state index in [0.717, 1.165) is 59.6 Å². The highest BCUT2D eigenvalue weighted by Crippen LogP contribution is 2.32. The van der Waals surface area contributed by atoms with Gasteiger partial charge in [0.1, 0.15) is 17.8 Å². The van der Waals surface area contributed by atoms with E-state index in [1.165, 1.54) is 6.08 Å². The lowest BCUT2D eigenvalue weighted by atomic mass is 10.0. The standard InChI is InChI=1S/C25H24ClN9O/c1-2-21(36)34-9-6-17-20(13-34)30-14-31-24(17)35-8-5-15(12-35)32-25-29-11-19(26)22(33-25)18-10-28-23-16(18)4-3-7-27-23/h2-4,7,10-11,14-15H,1,5-6,8-9,12-13H2,(H,27,28)(H,29,32,33)/t15-/m1/s1. The lowest BCUT2D eigenvalue weighted by molar-refractivity contribution is -0.126. The SMILES string of the molecule is C=CC(=O)N1CCc2c(ncnc2N2CC[C@@H](Nc3ncc(Cl)c(-c4c[nH]c5ncccc45)n3)C2)C1. The van der Waals surface area contributed by atoms with E-state index in [1.807, 2.05) is 18.3 Å². The van der Waals surface area contributed by atoms with Crippen molar-refractivity contribution >= 4 is 40.3 Å². The molecular weight excluding hydrogens is 478 g/mol. The number of nitrogens with one attached hydrogen (secondary N) is 2. The van der Waals surface area contributed by atoms with Crippen LogP contribution >= 0.6 is 11.6 Å². The van der Waals surface area contributed by atoms with E-state index in [4.69, 9.17) is 16.6 Å². The van der Waals surface area contributed by atoms with Crippen LogP contribution in [0, 0.1) is 0 Å². The van der Waals surface area contributed by atoms with Crippen molar-refractivity contribution in [3.05, 3.63) is 66.0 Å². The molecule has 6 heterocycles. The zero-order chi connectivity index (χ0) is 24.6. The van der Waals surface area contributed by atoms with E-state index in [1.54, 1.807) is 23.6 Å². The van der Waals surface area contributed by atoms with Crippen LogP contribution in [0.15, 0.2) is 49.7 Å². The van der Waals surface area contributed by atoms with Crippen LogP contribution in [0.4, 0.5) is 11.8 Å². The van der Waals surface area contributed by atoms with E-state index in [9.17, 15) is 4.79 Å². The zero-order valence-corrected chi connectivity index (χ0v) is 20.2. The minimum atomic E-state index is -0.0718. The first kappa shape index (κ1) is 22.4. The summed E-state index contributed by atoms with van der Waals surface area (Å²) < 4.78 is 0. The maximum absolute atomic E-state index is 12.0. The number of nitrogens with zero attached hydrogens (tertiary/aromatic N) is 7. The van der Waals surface area contributed by atoms with Crippen molar-refractivity contribution in [2.75, 3.05) is 29.9 Å². The Labute approximate surface area is 212 Å².